The molecule has 0 unspecified atom stereocenters. The molecule has 4 rings (SSSR count). The average molecular weight is 546 g/mol. The zero-order chi connectivity index (χ0) is 26.6. The fraction of sp³-hybridized carbons (Fsp3) is 0.200. The van der Waals surface area contributed by atoms with Crippen molar-refractivity contribution >= 4 is 40.6 Å². The number of nitrogens with zero attached hydrogens (tertiary/aromatic N) is 3. The molecule has 7 nitrogen and oxygen atoms in total. The number of carbonyl (C=O) groups is 2. The van der Waals surface area contributed by atoms with Crippen molar-refractivity contribution in [2.45, 2.75) is 31.7 Å². The fourth-order valence-corrected chi connectivity index (χ4v) is 4.84. The van der Waals surface area contributed by atoms with Crippen molar-refractivity contribution in [1.82, 2.24) is 20.1 Å². The van der Waals surface area contributed by atoms with Gasteiger partial charge in [-0.15, -0.1) is 21.5 Å². The molecule has 37 heavy (non-hydrogen) atoms. The second-order valence-electron chi connectivity index (χ2n) is 8.10. The van der Waals surface area contributed by atoms with Gasteiger partial charge in [0.05, 0.1) is 28.4 Å². The minimum absolute atomic E-state index is 0.0496. The van der Waals surface area contributed by atoms with Crippen LogP contribution in [0.15, 0.2) is 65.1 Å². The van der Waals surface area contributed by atoms with Gasteiger partial charge in [-0.25, -0.2) is 0 Å². The number of benzene rings is 2. The van der Waals surface area contributed by atoms with Crippen molar-refractivity contribution in [2.24, 2.45) is 0 Å². The van der Waals surface area contributed by atoms with Crippen LogP contribution in [0.4, 0.5) is 18.9 Å². The van der Waals surface area contributed by atoms with Crippen molar-refractivity contribution in [2.75, 3.05) is 11.1 Å². The monoisotopic (exact) mass is 545 g/mol. The van der Waals surface area contributed by atoms with E-state index < -0.39 is 11.7 Å². The Bertz CT molecular complexity index is 1420. The Morgan fingerprint density at radius 3 is 2.59 bits per heavy atom. The molecule has 0 aliphatic rings. The summed E-state index contributed by atoms with van der Waals surface area (Å²) in [5, 5.41) is 15.7. The Hall–Kier alpha value is -3.64. The molecule has 0 radical (unpaired) electrons. The van der Waals surface area contributed by atoms with Crippen molar-refractivity contribution in [3.8, 4) is 5.69 Å². The normalized spacial score (nSPS) is 11.4. The number of hydrogen-bond acceptors (Lipinski definition) is 6. The first-order valence-corrected chi connectivity index (χ1v) is 12.9. The van der Waals surface area contributed by atoms with Gasteiger partial charge >= 0.3 is 6.18 Å². The third kappa shape index (κ3) is 6.57. The van der Waals surface area contributed by atoms with Crippen molar-refractivity contribution in [3.05, 3.63) is 87.4 Å². The van der Waals surface area contributed by atoms with E-state index in [2.05, 4.69) is 20.8 Å². The van der Waals surface area contributed by atoms with Gasteiger partial charge in [0, 0.05) is 5.69 Å². The SMILES string of the molecule is Cc1ccc(C)c(NC(=O)CSc2nnc(CNC(=O)c3cccs3)n2-c2cccc(C(F)(F)F)c2)c1. The van der Waals surface area contributed by atoms with Crippen LogP contribution in [-0.4, -0.2) is 32.3 Å². The number of halogens is 3. The predicted octanol–water partition coefficient (Wildman–Crippen LogP) is 5.63. The molecule has 2 N–H and O–H groups in total. The molecule has 192 valence electrons. The zero-order valence-corrected chi connectivity index (χ0v) is 21.4. The summed E-state index contributed by atoms with van der Waals surface area (Å²) < 4.78 is 41.6. The van der Waals surface area contributed by atoms with E-state index in [4.69, 9.17) is 0 Å². The van der Waals surface area contributed by atoms with Crippen molar-refractivity contribution < 1.29 is 22.8 Å². The highest BCUT2D eigenvalue weighted by atomic mass is 32.2. The second-order valence-corrected chi connectivity index (χ2v) is 9.99. The Labute approximate surface area is 219 Å². The number of alkyl halides is 3. The quantitative estimate of drug-likeness (QED) is 0.281. The van der Waals surface area contributed by atoms with Crippen LogP contribution in [-0.2, 0) is 17.5 Å². The summed E-state index contributed by atoms with van der Waals surface area (Å²) in [6, 6.07) is 13.8. The number of anilines is 1. The molecular formula is C25H22F3N5O2S2. The highest BCUT2D eigenvalue weighted by molar-refractivity contribution is 7.99. The first-order chi connectivity index (χ1) is 17.6. The van der Waals surface area contributed by atoms with Gasteiger partial charge in [0.1, 0.15) is 0 Å². The minimum atomic E-state index is -4.55. The summed E-state index contributed by atoms with van der Waals surface area (Å²) in [6.07, 6.45) is -4.55. The Kier molecular flexibility index (Phi) is 7.98. The number of carbonyl (C=O) groups excluding carboxylic acids is 2. The van der Waals surface area contributed by atoms with Crippen LogP contribution in [0, 0.1) is 13.8 Å². The molecule has 4 aromatic rings. The summed E-state index contributed by atoms with van der Waals surface area (Å²) in [7, 11) is 0. The van der Waals surface area contributed by atoms with Crippen LogP contribution in [0.2, 0.25) is 0 Å². The highest BCUT2D eigenvalue weighted by Gasteiger charge is 2.31. The van der Waals surface area contributed by atoms with Gasteiger partial charge in [-0.05, 0) is 60.7 Å². The van der Waals surface area contributed by atoms with Gasteiger partial charge in [-0.2, -0.15) is 13.2 Å². The molecule has 2 aromatic carbocycles. The fourth-order valence-electron chi connectivity index (χ4n) is 3.43. The number of nitrogens with one attached hydrogen (secondary N) is 2. The van der Waals surface area contributed by atoms with Crippen molar-refractivity contribution in [3.63, 3.8) is 0 Å². The van der Waals surface area contributed by atoms with Crippen LogP contribution in [0.5, 0.6) is 0 Å². The number of thioether (sulfide) groups is 1. The third-order valence-electron chi connectivity index (χ3n) is 5.28. The zero-order valence-electron chi connectivity index (χ0n) is 19.8. The topological polar surface area (TPSA) is 88.9 Å². The number of amides is 2. The highest BCUT2D eigenvalue weighted by Crippen LogP contribution is 2.32. The second kappa shape index (κ2) is 11.2. The standard InChI is InChI=1S/C25H22F3N5O2S2/c1-15-8-9-16(2)19(11-15)30-22(34)14-37-24-32-31-21(13-29-23(35)20-7-4-10-36-20)33(24)18-6-3-5-17(12-18)25(26,27)28/h3-12H,13-14H2,1-2H3,(H,29,35)(H,30,34). The molecule has 0 spiro atoms. The van der Waals surface area contributed by atoms with Crippen LogP contribution in [0.25, 0.3) is 5.69 Å². The van der Waals surface area contributed by atoms with E-state index in [1.165, 1.54) is 28.0 Å². The summed E-state index contributed by atoms with van der Waals surface area (Å²) in [5.41, 5.74) is 1.90. The summed E-state index contributed by atoms with van der Waals surface area (Å²) in [4.78, 5) is 25.5. The molecule has 0 saturated carbocycles. The number of aromatic nitrogens is 3. The minimum Gasteiger partial charge on any atom is -0.344 e. The molecule has 2 amide bonds. The lowest BCUT2D eigenvalue weighted by molar-refractivity contribution is -0.137. The first kappa shape index (κ1) is 26.4. The number of thiophene rings is 1. The molecular weight excluding hydrogens is 523 g/mol. The average Bonchev–Trinajstić information content (AvgIpc) is 3.53. The van der Waals surface area contributed by atoms with Gasteiger partial charge in [-0.1, -0.05) is 36.0 Å². The first-order valence-electron chi connectivity index (χ1n) is 11.1. The number of hydrogen-bond donors (Lipinski definition) is 2. The van der Waals surface area contributed by atoms with E-state index in [-0.39, 0.29) is 40.8 Å². The summed E-state index contributed by atoms with van der Waals surface area (Å²) in [5.74, 6) is -0.464. The molecule has 12 heteroatoms. The number of aryl methyl sites for hydroxylation is 2. The van der Waals surface area contributed by atoms with E-state index in [1.54, 1.807) is 17.5 Å². The Balaban J connectivity index is 1.57. The molecule has 2 heterocycles. The predicted molar refractivity (Wildman–Crippen MR) is 137 cm³/mol. The van der Waals surface area contributed by atoms with Crippen LogP contribution >= 0.6 is 23.1 Å². The van der Waals surface area contributed by atoms with Gasteiger partial charge in [-0.3, -0.25) is 14.2 Å². The van der Waals surface area contributed by atoms with Gasteiger partial charge < -0.3 is 10.6 Å². The van der Waals surface area contributed by atoms with Crippen molar-refractivity contribution in [1.29, 1.82) is 0 Å². The Morgan fingerprint density at radius 1 is 1.05 bits per heavy atom. The van der Waals surface area contributed by atoms with E-state index in [0.29, 0.717) is 10.6 Å². The van der Waals surface area contributed by atoms with E-state index in [1.807, 2.05) is 32.0 Å². The molecule has 0 bridgehead atoms. The van der Waals surface area contributed by atoms with E-state index in [0.717, 1.165) is 35.0 Å². The molecule has 2 aromatic heterocycles. The molecule has 0 fully saturated rings. The maximum absolute atomic E-state index is 13.4. The summed E-state index contributed by atoms with van der Waals surface area (Å²) in [6.45, 7) is 3.72. The van der Waals surface area contributed by atoms with Gasteiger partial charge in [0.15, 0.2) is 11.0 Å². The number of rotatable bonds is 8. The maximum atomic E-state index is 13.4. The Morgan fingerprint density at radius 2 is 1.86 bits per heavy atom. The molecule has 0 aliphatic heterocycles. The van der Waals surface area contributed by atoms with E-state index in [9.17, 15) is 22.8 Å². The lowest BCUT2D eigenvalue weighted by Gasteiger charge is -2.14. The maximum Gasteiger partial charge on any atom is 0.416 e. The lowest BCUT2D eigenvalue weighted by Crippen LogP contribution is -2.24. The van der Waals surface area contributed by atoms with Crippen LogP contribution in [0.3, 0.4) is 0 Å². The molecule has 0 saturated heterocycles. The molecule has 0 aliphatic carbocycles. The van der Waals surface area contributed by atoms with E-state index >= 15 is 0 Å². The largest absolute Gasteiger partial charge is 0.416 e. The lowest BCUT2D eigenvalue weighted by atomic mass is 10.1. The van der Waals surface area contributed by atoms with Crippen LogP contribution < -0.4 is 10.6 Å². The van der Waals surface area contributed by atoms with Crippen LogP contribution in [0.1, 0.15) is 32.2 Å². The van der Waals surface area contributed by atoms with Gasteiger partial charge in [0.2, 0.25) is 5.91 Å². The molecule has 0 atom stereocenters. The summed E-state index contributed by atoms with van der Waals surface area (Å²) >= 11 is 2.29. The smallest absolute Gasteiger partial charge is 0.344 e. The van der Waals surface area contributed by atoms with Gasteiger partial charge in [0.25, 0.3) is 5.91 Å². The third-order valence-corrected chi connectivity index (χ3v) is 7.08.